The highest BCUT2D eigenvalue weighted by molar-refractivity contribution is 7.39. The number of allylic oxidation sites excluding steroid dienone is 4. The van der Waals surface area contributed by atoms with Crippen molar-refractivity contribution in [3.8, 4) is 0 Å². The number of rotatable bonds is 2. The van der Waals surface area contributed by atoms with Gasteiger partial charge in [0.1, 0.15) is 0 Å². The molecule has 0 fully saturated rings. The van der Waals surface area contributed by atoms with Gasteiger partial charge in [0.05, 0.1) is 0 Å². The predicted molar refractivity (Wildman–Crippen MR) is 80.3 cm³/mol. The molecule has 1 heteroatoms. The molecule has 0 aromatic heterocycles. The molecule has 2 aliphatic carbocycles. The number of hydrogen-bond donors (Lipinski definition) is 0. The van der Waals surface area contributed by atoms with E-state index >= 15 is 0 Å². The molecular weight excluding hydrogens is 223 g/mol. The zero-order valence-corrected chi connectivity index (χ0v) is 12.0. The van der Waals surface area contributed by atoms with E-state index in [1.165, 1.54) is 72.8 Å². The maximum absolute atomic E-state index is 2.45. The summed E-state index contributed by atoms with van der Waals surface area (Å²) in [6.45, 7) is 0. The van der Waals surface area contributed by atoms with Crippen LogP contribution in [-0.2, 0) is 0 Å². The molecule has 2 rings (SSSR count). The summed E-state index contributed by atoms with van der Waals surface area (Å²) in [5.41, 5.74) is 2.01. The monoisotopic (exact) mass is 250 g/mol. The molecule has 0 spiro atoms. The van der Waals surface area contributed by atoms with Crippen LogP contribution in [0.4, 0.5) is 0 Å². The molecule has 17 heavy (non-hydrogen) atoms. The molecule has 0 saturated carbocycles. The van der Waals surface area contributed by atoms with Crippen LogP contribution in [0.1, 0.15) is 64.2 Å². The van der Waals surface area contributed by atoms with Gasteiger partial charge in [-0.25, -0.2) is 0 Å². The Morgan fingerprint density at radius 3 is 1.71 bits per heavy atom. The van der Waals surface area contributed by atoms with Crippen LogP contribution in [-0.4, -0.2) is 11.3 Å². The summed E-state index contributed by atoms with van der Waals surface area (Å²) < 4.78 is 0. The topological polar surface area (TPSA) is 0 Å². The standard InChI is InChI=1S/C16H27P/c1-3-7-11-15(12-8-4-1)17-16-13-9-5-2-6-10-14-16/h3,5,7,9,15-17H,1-2,4,6,8,10-14H2. The van der Waals surface area contributed by atoms with Crippen LogP contribution in [0.15, 0.2) is 24.3 Å². The molecular formula is C16H27P. The van der Waals surface area contributed by atoms with Crippen molar-refractivity contribution < 1.29 is 0 Å². The molecule has 0 N–H and O–H groups in total. The Labute approximate surface area is 109 Å². The van der Waals surface area contributed by atoms with E-state index in [0.29, 0.717) is 0 Å². The van der Waals surface area contributed by atoms with E-state index in [2.05, 4.69) is 24.3 Å². The van der Waals surface area contributed by atoms with Crippen molar-refractivity contribution >= 4 is 8.58 Å². The van der Waals surface area contributed by atoms with Crippen LogP contribution in [0.25, 0.3) is 0 Å². The fraction of sp³-hybridized carbons (Fsp3) is 0.750. The van der Waals surface area contributed by atoms with E-state index in [0.717, 1.165) is 11.3 Å². The second kappa shape index (κ2) is 8.09. The lowest BCUT2D eigenvalue weighted by molar-refractivity contribution is 0.622. The van der Waals surface area contributed by atoms with Crippen molar-refractivity contribution in [3.63, 3.8) is 0 Å². The van der Waals surface area contributed by atoms with Gasteiger partial charge in [0, 0.05) is 0 Å². The van der Waals surface area contributed by atoms with E-state index in [4.69, 9.17) is 0 Å². The minimum Gasteiger partial charge on any atom is -0.115 e. The average Bonchev–Trinajstić information content (AvgIpc) is 2.24. The molecule has 0 amide bonds. The Morgan fingerprint density at radius 2 is 1.18 bits per heavy atom. The summed E-state index contributed by atoms with van der Waals surface area (Å²) in [4.78, 5) is 0. The van der Waals surface area contributed by atoms with Crippen molar-refractivity contribution in [2.24, 2.45) is 0 Å². The second-order valence-electron chi connectivity index (χ2n) is 5.54. The largest absolute Gasteiger partial charge is 0.115 e. The van der Waals surface area contributed by atoms with Gasteiger partial charge in [-0.3, -0.25) is 0 Å². The molecule has 0 radical (unpaired) electrons. The zero-order valence-electron chi connectivity index (χ0n) is 11.0. The van der Waals surface area contributed by atoms with Crippen LogP contribution in [0.5, 0.6) is 0 Å². The third kappa shape index (κ3) is 5.38. The normalized spacial score (nSPS) is 32.0. The smallest absolute Gasteiger partial charge is 0.0199 e. The van der Waals surface area contributed by atoms with E-state index < -0.39 is 0 Å². The van der Waals surface area contributed by atoms with Gasteiger partial charge in [-0.15, -0.1) is 8.58 Å². The third-order valence-corrected chi connectivity index (χ3v) is 5.98. The highest BCUT2D eigenvalue weighted by Gasteiger charge is 2.15. The molecule has 0 saturated heterocycles. The van der Waals surface area contributed by atoms with Gasteiger partial charge >= 0.3 is 0 Å². The van der Waals surface area contributed by atoms with Crippen LogP contribution < -0.4 is 0 Å². The molecule has 0 aliphatic heterocycles. The fourth-order valence-corrected chi connectivity index (χ4v) is 4.89. The summed E-state index contributed by atoms with van der Waals surface area (Å²) in [6, 6.07) is 0. The minimum absolute atomic E-state index is 1.00. The third-order valence-electron chi connectivity index (χ3n) is 3.99. The second-order valence-corrected chi connectivity index (χ2v) is 7.51. The Balaban J connectivity index is 1.80. The van der Waals surface area contributed by atoms with Gasteiger partial charge in [0.25, 0.3) is 0 Å². The molecule has 2 unspecified atom stereocenters. The summed E-state index contributed by atoms with van der Waals surface area (Å²) in [7, 11) is 1.21. The Kier molecular flexibility index (Phi) is 6.35. The van der Waals surface area contributed by atoms with Crippen molar-refractivity contribution in [1.82, 2.24) is 0 Å². The van der Waals surface area contributed by atoms with Crippen LogP contribution in [0.2, 0.25) is 0 Å². The van der Waals surface area contributed by atoms with Crippen molar-refractivity contribution in [2.45, 2.75) is 75.5 Å². The fourth-order valence-electron chi connectivity index (χ4n) is 2.93. The highest BCUT2D eigenvalue weighted by atomic mass is 31.1. The van der Waals surface area contributed by atoms with E-state index in [1.54, 1.807) is 0 Å². The lowest BCUT2D eigenvalue weighted by Crippen LogP contribution is -2.10. The lowest BCUT2D eigenvalue weighted by Gasteiger charge is -2.24. The van der Waals surface area contributed by atoms with E-state index in [1.807, 2.05) is 0 Å². The van der Waals surface area contributed by atoms with Gasteiger partial charge in [-0.2, -0.15) is 0 Å². The van der Waals surface area contributed by atoms with Crippen molar-refractivity contribution in [3.05, 3.63) is 24.3 Å². The first-order valence-electron chi connectivity index (χ1n) is 7.51. The Bertz CT molecular complexity index is 228. The Hall–Kier alpha value is -0.0900. The maximum atomic E-state index is 2.45. The first-order chi connectivity index (χ1) is 8.45. The van der Waals surface area contributed by atoms with Gasteiger partial charge in [0.15, 0.2) is 0 Å². The molecule has 96 valence electrons. The van der Waals surface area contributed by atoms with Crippen LogP contribution >= 0.6 is 8.58 Å². The van der Waals surface area contributed by atoms with Crippen LogP contribution in [0, 0.1) is 0 Å². The molecule has 0 heterocycles. The quantitative estimate of drug-likeness (QED) is 0.452. The SMILES string of the molecule is C1=CCC(PC2CC=CCCCC2)CCCC1. The first kappa shape index (κ1) is 13.3. The summed E-state index contributed by atoms with van der Waals surface area (Å²) in [5, 5.41) is 0. The summed E-state index contributed by atoms with van der Waals surface area (Å²) in [5.74, 6) is 0. The molecule has 0 bridgehead atoms. The van der Waals surface area contributed by atoms with Gasteiger partial charge in [0.2, 0.25) is 0 Å². The minimum atomic E-state index is 1.00. The zero-order chi connectivity index (χ0) is 11.8. The van der Waals surface area contributed by atoms with E-state index in [-0.39, 0.29) is 0 Å². The average molecular weight is 250 g/mol. The van der Waals surface area contributed by atoms with Crippen LogP contribution in [0.3, 0.4) is 0 Å². The molecule has 0 aromatic rings. The summed E-state index contributed by atoms with van der Waals surface area (Å²) in [6.07, 6.45) is 23.8. The maximum Gasteiger partial charge on any atom is -0.0199 e. The Morgan fingerprint density at radius 1 is 0.647 bits per heavy atom. The van der Waals surface area contributed by atoms with Gasteiger partial charge < -0.3 is 0 Å². The highest BCUT2D eigenvalue weighted by Crippen LogP contribution is 2.37. The van der Waals surface area contributed by atoms with Gasteiger partial charge in [-0.1, -0.05) is 37.1 Å². The van der Waals surface area contributed by atoms with Crippen molar-refractivity contribution in [1.29, 1.82) is 0 Å². The van der Waals surface area contributed by atoms with E-state index in [9.17, 15) is 0 Å². The van der Waals surface area contributed by atoms with Gasteiger partial charge in [-0.05, 0) is 62.7 Å². The predicted octanol–water partition coefficient (Wildman–Crippen LogP) is 5.44. The molecule has 2 atom stereocenters. The molecule has 0 aromatic carbocycles. The number of hydrogen-bond acceptors (Lipinski definition) is 0. The first-order valence-corrected chi connectivity index (χ1v) is 8.66. The summed E-state index contributed by atoms with van der Waals surface area (Å²) >= 11 is 0. The molecule has 0 nitrogen and oxygen atoms in total. The lowest BCUT2D eigenvalue weighted by atomic mass is 10.1. The molecule has 2 aliphatic rings. The van der Waals surface area contributed by atoms with Crippen molar-refractivity contribution in [2.75, 3.05) is 0 Å².